The van der Waals surface area contributed by atoms with Crippen LogP contribution in [0, 0.1) is 0 Å². The van der Waals surface area contributed by atoms with E-state index in [2.05, 4.69) is 48.5 Å². The van der Waals surface area contributed by atoms with Crippen molar-refractivity contribution >= 4 is 0 Å². The van der Waals surface area contributed by atoms with E-state index < -0.39 is 0 Å². The number of para-hydroxylation sites is 1. The van der Waals surface area contributed by atoms with Gasteiger partial charge in [0.1, 0.15) is 50.8 Å². The number of hydrogen-bond acceptors (Lipinski definition) is 1. The number of rotatable bonds is 6. The minimum Gasteiger partial charge on any atom is -0.457 e. The van der Waals surface area contributed by atoms with Crippen molar-refractivity contribution in [3.8, 4) is 11.5 Å². The maximum Gasteiger partial charge on any atom is 0.127 e. The number of hydrogen-bond donors (Lipinski definition) is 2. The van der Waals surface area contributed by atoms with Gasteiger partial charge in [0.15, 0.2) is 0 Å². The van der Waals surface area contributed by atoms with Gasteiger partial charge in [-0.25, -0.2) is 0 Å². The molecule has 1 aliphatic heterocycles. The van der Waals surface area contributed by atoms with Gasteiger partial charge >= 0.3 is 0 Å². The van der Waals surface area contributed by atoms with Crippen LogP contribution in [0.4, 0.5) is 0 Å². The number of quaternary nitrogens is 2. The zero-order valence-electron chi connectivity index (χ0n) is 15.7. The van der Waals surface area contributed by atoms with Gasteiger partial charge in [-0.2, -0.15) is 0 Å². The lowest BCUT2D eigenvalue weighted by molar-refractivity contribution is -1.02. The van der Waals surface area contributed by atoms with Gasteiger partial charge in [0.05, 0.1) is 0 Å². The Kier molecular flexibility index (Phi) is 5.83. The molecule has 27 heavy (non-hydrogen) atoms. The Labute approximate surface area is 161 Å². The lowest BCUT2D eigenvalue weighted by Gasteiger charge is -2.29. The molecule has 2 N–H and O–H groups in total. The Balaban J connectivity index is 1.29. The third-order valence-electron chi connectivity index (χ3n) is 5.29. The van der Waals surface area contributed by atoms with Crippen molar-refractivity contribution in [1.29, 1.82) is 0 Å². The Hall–Kier alpha value is -2.62. The second-order valence-corrected chi connectivity index (χ2v) is 7.40. The van der Waals surface area contributed by atoms with Crippen molar-refractivity contribution in [2.45, 2.75) is 13.1 Å². The number of nitrogens with one attached hydrogen (secondary N) is 2. The highest BCUT2D eigenvalue weighted by Gasteiger charge is 2.23. The molecule has 0 atom stereocenters. The summed E-state index contributed by atoms with van der Waals surface area (Å²) in [6, 6.07) is 29.4. The summed E-state index contributed by atoms with van der Waals surface area (Å²) >= 11 is 0. The predicted octanol–water partition coefficient (Wildman–Crippen LogP) is 1.96. The summed E-state index contributed by atoms with van der Waals surface area (Å²) in [5.41, 5.74) is 2.80. The normalized spacial score (nSPS) is 19.6. The summed E-state index contributed by atoms with van der Waals surface area (Å²) in [5, 5.41) is 0. The molecule has 138 valence electrons. The maximum absolute atomic E-state index is 5.98. The molecule has 1 fully saturated rings. The minimum absolute atomic E-state index is 0.889. The van der Waals surface area contributed by atoms with E-state index in [1.807, 2.05) is 36.4 Å². The van der Waals surface area contributed by atoms with E-state index >= 15 is 0 Å². The van der Waals surface area contributed by atoms with Crippen LogP contribution in [0.3, 0.4) is 0 Å². The van der Waals surface area contributed by atoms with E-state index in [0.717, 1.165) is 24.6 Å². The minimum atomic E-state index is 0.889. The smallest absolute Gasteiger partial charge is 0.127 e. The first kappa shape index (κ1) is 17.8. The highest BCUT2D eigenvalue weighted by Crippen LogP contribution is 2.21. The van der Waals surface area contributed by atoms with Gasteiger partial charge in [-0.1, -0.05) is 60.7 Å². The summed E-state index contributed by atoms with van der Waals surface area (Å²) in [5.74, 6) is 1.81. The molecule has 4 rings (SSSR count). The lowest BCUT2D eigenvalue weighted by atomic mass is 10.1. The Bertz CT molecular complexity index is 827. The fourth-order valence-corrected chi connectivity index (χ4v) is 3.83. The molecule has 1 saturated heterocycles. The summed E-state index contributed by atoms with van der Waals surface area (Å²) in [4.78, 5) is 3.37. The van der Waals surface area contributed by atoms with Gasteiger partial charge in [-0.15, -0.1) is 0 Å². The molecule has 0 unspecified atom stereocenters. The Morgan fingerprint density at radius 2 is 1.07 bits per heavy atom. The molecule has 0 radical (unpaired) electrons. The molecule has 3 heteroatoms. The summed E-state index contributed by atoms with van der Waals surface area (Å²) in [7, 11) is 0. The zero-order valence-corrected chi connectivity index (χ0v) is 15.7. The van der Waals surface area contributed by atoms with Crippen molar-refractivity contribution in [2.75, 3.05) is 26.2 Å². The molecule has 1 heterocycles. The first-order valence-corrected chi connectivity index (χ1v) is 9.88. The van der Waals surface area contributed by atoms with E-state index in [9.17, 15) is 0 Å². The van der Waals surface area contributed by atoms with Crippen LogP contribution in [0.25, 0.3) is 0 Å². The highest BCUT2D eigenvalue weighted by molar-refractivity contribution is 5.33. The van der Waals surface area contributed by atoms with E-state index in [0.29, 0.717) is 0 Å². The average Bonchev–Trinajstić information content (AvgIpc) is 2.71. The molecular weight excluding hydrogens is 332 g/mol. The first-order chi connectivity index (χ1) is 13.3. The molecule has 0 amide bonds. The summed E-state index contributed by atoms with van der Waals surface area (Å²) in [6.45, 7) is 7.16. The molecule has 0 bridgehead atoms. The van der Waals surface area contributed by atoms with Gasteiger partial charge in [0.2, 0.25) is 0 Å². The largest absolute Gasteiger partial charge is 0.457 e. The second-order valence-electron chi connectivity index (χ2n) is 7.40. The van der Waals surface area contributed by atoms with Gasteiger partial charge < -0.3 is 14.5 Å². The zero-order chi connectivity index (χ0) is 18.3. The highest BCUT2D eigenvalue weighted by atomic mass is 16.5. The monoisotopic (exact) mass is 360 g/mol. The Morgan fingerprint density at radius 3 is 1.74 bits per heavy atom. The van der Waals surface area contributed by atoms with E-state index in [4.69, 9.17) is 4.74 Å². The van der Waals surface area contributed by atoms with E-state index in [-0.39, 0.29) is 0 Å². The maximum atomic E-state index is 5.98. The molecule has 0 aliphatic carbocycles. The topological polar surface area (TPSA) is 18.1 Å². The predicted molar refractivity (Wildman–Crippen MR) is 108 cm³/mol. The lowest BCUT2D eigenvalue weighted by Crippen LogP contribution is -3.27. The van der Waals surface area contributed by atoms with Crippen molar-refractivity contribution in [3.63, 3.8) is 0 Å². The molecule has 3 aromatic carbocycles. The standard InChI is InChI=1S/C24H26N2O/c1-3-8-21(9-4-1)19-25-14-16-26(17-15-25)20-22-10-7-13-24(18-22)27-23-11-5-2-6-12-23/h1-13,18H,14-17,19-20H2/p+2. The van der Waals surface area contributed by atoms with Crippen molar-refractivity contribution in [1.82, 2.24) is 0 Å². The molecule has 0 saturated carbocycles. The number of benzene rings is 3. The number of piperazine rings is 1. The van der Waals surface area contributed by atoms with Gasteiger partial charge in [0, 0.05) is 11.1 Å². The molecule has 1 aliphatic rings. The third kappa shape index (κ3) is 5.19. The summed E-state index contributed by atoms with van der Waals surface area (Å²) in [6.07, 6.45) is 0. The molecule has 0 spiro atoms. The van der Waals surface area contributed by atoms with Crippen LogP contribution in [0.15, 0.2) is 84.9 Å². The summed E-state index contributed by atoms with van der Waals surface area (Å²) < 4.78 is 5.98. The van der Waals surface area contributed by atoms with Crippen molar-refractivity contribution < 1.29 is 14.5 Å². The fourth-order valence-electron chi connectivity index (χ4n) is 3.83. The molecule has 0 aromatic heterocycles. The van der Waals surface area contributed by atoms with E-state index in [1.54, 1.807) is 9.80 Å². The van der Waals surface area contributed by atoms with Crippen LogP contribution in [0.1, 0.15) is 11.1 Å². The fraction of sp³-hybridized carbons (Fsp3) is 0.250. The SMILES string of the molecule is c1ccc(C[NH+]2CC[NH+](Cc3cccc(Oc4ccccc4)c3)CC2)cc1. The second kappa shape index (κ2) is 8.85. The van der Waals surface area contributed by atoms with Crippen LogP contribution in [-0.4, -0.2) is 26.2 Å². The van der Waals surface area contributed by atoms with Crippen LogP contribution in [0.5, 0.6) is 11.5 Å². The van der Waals surface area contributed by atoms with Crippen LogP contribution in [-0.2, 0) is 13.1 Å². The molecular formula is C24H28N2O+2. The first-order valence-electron chi connectivity index (χ1n) is 9.88. The van der Waals surface area contributed by atoms with Crippen molar-refractivity contribution in [3.05, 3.63) is 96.1 Å². The number of ether oxygens (including phenoxy) is 1. The molecule has 3 aromatic rings. The quantitative estimate of drug-likeness (QED) is 0.688. The van der Waals surface area contributed by atoms with Gasteiger partial charge in [0.25, 0.3) is 0 Å². The van der Waals surface area contributed by atoms with Gasteiger partial charge in [-0.3, -0.25) is 0 Å². The van der Waals surface area contributed by atoms with Gasteiger partial charge in [-0.05, 0) is 24.3 Å². The average molecular weight is 361 g/mol. The Morgan fingerprint density at radius 1 is 0.556 bits per heavy atom. The third-order valence-corrected chi connectivity index (χ3v) is 5.29. The van der Waals surface area contributed by atoms with Crippen LogP contribution in [0.2, 0.25) is 0 Å². The van der Waals surface area contributed by atoms with Crippen LogP contribution < -0.4 is 14.5 Å². The van der Waals surface area contributed by atoms with Crippen molar-refractivity contribution in [2.24, 2.45) is 0 Å². The molecule has 3 nitrogen and oxygen atoms in total. The van der Waals surface area contributed by atoms with E-state index in [1.165, 1.54) is 37.3 Å². The van der Waals surface area contributed by atoms with Crippen LogP contribution >= 0.6 is 0 Å².